The molecule has 6 heterocycles. The van der Waals surface area contributed by atoms with Gasteiger partial charge in [0.2, 0.25) is 35.4 Å². The molecule has 19 unspecified atom stereocenters. The third-order valence-electron chi connectivity index (χ3n) is 26.1. The summed E-state index contributed by atoms with van der Waals surface area (Å²) in [6.45, 7) is 1.59. The molecular weight excluding hydrogens is 1840 g/mol. The molecule has 0 aromatic carbocycles. The minimum atomic E-state index is -5.14. The second-order valence-electron chi connectivity index (χ2n) is 37.3. The van der Waals surface area contributed by atoms with Crippen LogP contribution in [0.25, 0.3) is 0 Å². The van der Waals surface area contributed by atoms with Gasteiger partial charge in [-0.25, -0.2) is 13.7 Å². The first-order valence-electron chi connectivity index (χ1n) is 48.5. The van der Waals surface area contributed by atoms with Crippen LogP contribution in [0, 0.1) is 16.2 Å². The van der Waals surface area contributed by atoms with E-state index in [1.54, 1.807) is 14.7 Å². The monoisotopic (exact) mass is 2010 g/mol. The Balaban J connectivity index is 0.983. The maximum Gasteiger partial charge on any atom is 0.472 e. The zero-order chi connectivity index (χ0) is 98.4. The number of aliphatic hydroxyl groups excluding tert-OH is 10. The molecular formula is C87H162N6O37P4. The molecule has 0 aromatic rings. The number of aliphatic hydroxyl groups is 10. The van der Waals surface area contributed by atoms with Crippen molar-refractivity contribution in [2.45, 2.75) is 363 Å². The van der Waals surface area contributed by atoms with E-state index in [9.17, 15) is 118 Å². The summed E-state index contributed by atoms with van der Waals surface area (Å²) in [6.07, 6.45) is 10.8. The highest BCUT2D eigenvalue weighted by atomic mass is 31.2. The zero-order valence-corrected chi connectivity index (χ0v) is 82.7. The Morgan fingerprint density at radius 3 is 0.776 bits per heavy atom. The highest BCUT2D eigenvalue weighted by Gasteiger charge is 2.51. The first-order chi connectivity index (χ1) is 63.7. The Bertz CT molecular complexity index is 3570. The third-order valence-corrected chi connectivity index (χ3v) is 29.6. The summed E-state index contributed by atoms with van der Waals surface area (Å²) in [4.78, 5) is 125. The number of ether oxygens (including phenoxy) is 6. The van der Waals surface area contributed by atoms with E-state index in [1.807, 2.05) is 0 Å². The summed E-state index contributed by atoms with van der Waals surface area (Å²) in [6, 6.07) is -3.03. The Hall–Kier alpha value is -3.34. The van der Waals surface area contributed by atoms with E-state index in [-0.39, 0.29) is 148 Å². The quantitative estimate of drug-likeness (QED) is 0.0253. The fraction of sp³-hybridized carbons (Fsp3) is 0.931. The fourth-order valence-electron chi connectivity index (χ4n) is 17.5. The Morgan fingerprint density at radius 1 is 0.313 bits per heavy atom. The molecule has 6 aliphatic rings. The lowest BCUT2D eigenvalue weighted by atomic mass is 9.80. The molecule has 0 bridgehead atoms. The van der Waals surface area contributed by atoms with Gasteiger partial charge in [-0.3, -0.25) is 60.5 Å². The van der Waals surface area contributed by atoms with Crippen molar-refractivity contribution in [1.29, 1.82) is 0 Å². The number of nitrogens with one attached hydrogen (secondary N) is 3. The Kier molecular flexibility index (Phi) is 55.5. The van der Waals surface area contributed by atoms with Crippen molar-refractivity contribution in [1.82, 2.24) is 30.7 Å². The largest absolute Gasteiger partial charge is 0.472 e. The van der Waals surface area contributed by atoms with E-state index in [4.69, 9.17) is 60.1 Å². The number of phosphoric ester groups is 3. The van der Waals surface area contributed by atoms with Gasteiger partial charge in [-0.2, -0.15) is 0 Å². The highest BCUT2D eigenvalue weighted by molar-refractivity contribution is 7.51. The molecule has 0 aliphatic carbocycles. The summed E-state index contributed by atoms with van der Waals surface area (Å²) in [7, 11) is -18.6. The lowest BCUT2D eigenvalue weighted by molar-refractivity contribution is -0.270. The predicted molar refractivity (Wildman–Crippen MR) is 485 cm³/mol. The van der Waals surface area contributed by atoms with Crippen LogP contribution in [-0.2, 0) is 107 Å². The van der Waals surface area contributed by atoms with E-state index in [2.05, 4.69) is 16.0 Å². The van der Waals surface area contributed by atoms with Gasteiger partial charge in [0, 0.05) is 122 Å². The molecule has 19 atom stereocenters. The Morgan fingerprint density at radius 2 is 0.530 bits per heavy atom. The lowest BCUT2D eigenvalue weighted by Crippen LogP contribution is -2.64. The van der Waals surface area contributed by atoms with E-state index in [1.165, 1.54) is 20.8 Å². The second kappa shape index (κ2) is 62.3. The Labute approximate surface area is 789 Å². The fourth-order valence-corrected chi connectivity index (χ4v) is 20.7. The van der Waals surface area contributed by atoms with Crippen molar-refractivity contribution in [2.75, 3.05) is 138 Å². The van der Waals surface area contributed by atoms with Gasteiger partial charge in [-0.15, -0.1) is 0 Å². The average Bonchev–Trinajstić information content (AvgIpc) is 0.759. The molecule has 6 aliphatic heterocycles. The second-order valence-corrected chi connectivity index (χ2v) is 43.5. The van der Waals surface area contributed by atoms with Gasteiger partial charge in [0.05, 0.1) is 72.7 Å². The number of hydrogen-bond donors (Lipinski definition) is 17. The summed E-state index contributed by atoms with van der Waals surface area (Å²) < 4.78 is 126. The van der Waals surface area contributed by atoms with Gasteiger partial charge >= 0.3 is 31.1 Å². The maximum absolute atomic E-state index is 14.3. The van der Waals surface area contributed by atoms with Crippen LogP contribution in [0.1, 0.15) is 271 Å². The molecule has 47 heteroatoms. The van der Waals surface area contributed by atoms with Crippen LogP contribution in [0.15, 0.2) is 0 Å². The van der Waals surface area contributed by atoms with Crippen LogP contribution in [-0.4, -0.2) is 351 Å². The van der Waals surface area contributed by atoms with Gasteiger partial charge < -0.3 is 134 Å². The number of carbonyl (C=O) groups excluding carboxylic acids is 6. The van der Waals surface area contributed by atoms with Crippen molar-refractivity contribution in [3.63, 3.8) is 0 Å². The van der Waals surface area contributed by atoms with Crippen LogP contribution < -0.4 is 16.0 Å². The standard InChI is InChI=1S/C87H162N6O37P4/c1-64(98)88-73-79(107)76(104)67(55-94)128-82(73)118-50-30-23-17-11-5-8-14-20-27-35-70(101)91-44-38-85(58-97,39-45-91)59-123-133(114,115)125-62-87(42-48-93(49-43-87)72(103)37-29-22-16-10-7-13-19-25-32-52-120-84-75(90-66(3)100)81(109)78(106)69(57-96)130-84)63-127-134(116,117)126-61-86(60-124-132(112,113)122-54-34-26-33-53-121-131(4,110)111)40-46-92(47-41-86)71(102)36-28-21-15-9-6-12-18-24-31-51-119-83-74(89-65(2)99)80(108)77(105)68(56-95)129-83/h67-69,73-84,94-97,104-109H,5-63H2,1-4H3,(H,88,98)(H,89,99)(H,90,100)(H,110,111)(H,112,113)(H,114,115)(H,116,117). The summed E-state index contributed by atoms with van der Waals surface area (Å²) in [5, 5.41) is 110. The van der Waals surface area contributed by atoms with Crippen molar-refractivity contribution in [2.24, 2.45) is 16.2 Å². The zero-order valence-electron chi connectivity index (χ0n) is 79.2. The normalized spacial score (nSPS) is 27.2. The van der Waals surface area contributed by atoms with Gasteiger partial charge in [0.1, 0.15) is 73.1 Å². The van der Waals surface area contributed by atoms with Crippen LogP contribution in [0.3, 0.4) is 0 Å². The minimum absolute atomic E-state index is 0.0265. The first-order valence-corrected chi connectivity index (χ1v) is 55.0. The van der Waals surface area contributed by atoms with Gasteiger partial charge in [-0.1, -0.05) is 135 Å². The van der Waals surface area contributed by atoms with Crippen molar-refractivity contribution >= 4 is 66.5 Å². The molecule has 0 aromatic heterocycles. The smallest absolute Gasteiger partial charge is 0.396 e. The number of phosphoric acid groups is 3. The lowest BCUT2D eigenvalue weighted by Gasteiger charge is -2.43. The number of piperidine rings is 3. The minimum Gasteiger partial charge on any atom is -0.396 e. The van der Waals surface area contributed by atoms with Crippen LogP contribution in [0.5, 0.6) is 0 Å². The molecule has 6 fully saturated rings. The first kappa shape index (κ1) is 119. The maximum atomic E-state index is 14.3. The third kappa shape index (κ3) is 44.3. The summed E-state index contributed by atoms with van der Waals surface area (Å²) in [5.74, 6) is -1.64. The van der Waals surface area contributed by atoms with E-state index < -0.39 is 216 Å². The molecule has 134 heavy (non-hydrogen) atoms. The molecule has 0 spiro atoms. The van der Waals surface area contributed by atoms with Gasteiger partial charge in [0.25, 0.3) is 0 Å². The van der Waals surface area contributed by atoms with E-state index in [0.29, 0.717) is 57.8 Å². The number of amides is 6. The number of hydrogen-bond acceptors (Lipinski definition) is 33. The number of unbranched alkanes of at least 4 members (excludes halogenated alkanes) is 26. The molecule has 6 rings (SSSR count). The van der Waals surface area contributed by atoms with E-state index in [0.717, 1.165) is 142 Å². The topological polar surface area (TPSA) is 620 Å². The van der Waals surface area contributed by atoms with Crippen LogP contribution >= 0.6 is 31.1 Å². The number of carbonyl (C=O) groups is 6. The summed E-state index contributed by atoms with van der Waals surface area (Å²) in [5.41, 5.74) is -3.62. The van der Waals surface area contributed by atoms with Crippen molar-refractivity contribution in [3.8, 4) is 0 Å². The predicted octanol–water partition coefficient (Wildman–Crippen LogP) is 5.79. The molecule has 6 amide bonds. The molecule has 0 saturated carbocycles. The number of rotatable bonds is 69. The SMILES string of the molecule is CC(=O)NC1C(OCCCCCCCCCCCC(=O)N2CCC(CO)(COP(=O)(O)OCC3(COP(=O)(O)OCC4(COP(=O)(O)OCCCCCOP(C)(=O)O)CCN(C(=O)CCCCCCCCCCCOC5OC(CO)C(O)C(O)C5NC(C)=O)CC4)CCN(C(=O)CCCCCCCCCCCOC4OC(CO)C(O)C(O)C4NC(C)=O)CC3)CC2)OC(CO)C(O)C1O. The number of likely N-dealkylation sites (tertiary alicyclic amines) is 3. The van der Waals surface area contributed by atoms with Crippen LogP contribution in [0.2, 0.25) is 0 Å². The number of nitrogens with zero attached hydrogens (tertiary/aromatic N) is 3. The molecule has 0 radical (unpaired) electrons. The molecule has 17 N–H and O–H groups in total. The average molecular weight is 2010 g/mol. The van der Waals surface area contributed by atoms with Crippen LogP contribution in [0.4, 0.5) is 0 Å². The summed E-state index contributed by atoms with van der Waals surface area (Å²) >= 11 is 0. The van der Waals surface area contributed by atoms with E-state index >= 15 is 0 Å². The van der Waals surface area contributed by atoms with Gasteiger partial charge in [0.15, 0.2) is 18.9 Å². The van der Waals surface area contributed by atoms with Gasteiger partial charge in [-0.05, 0) is 96.3 Å². The molecule has 782 valence electrons. The molecule has 6 saturated heterocycles. The molecule has 43 nitrogen and oxygen atoms in total. The highest BCUT2D eigenvalue weighted by Crippen LogP contribution is 2.54. The van der Waals surface area contributed by atoms with Crippen molar-refractivity contribution < 1.29 is 178 Å². The van der Waals surface area contributed by atoms with Crippen molar-refractivity contribution in [3.05, 3.63) is 0 Å².